The molecule has 1 aromatic rings. The smallest absolute Gasteiger partial charge is 0.337 e. The lowest BCUT2D eigenvalue weighted by Crippen LogP contribution is -1.95. The van der Waals surface area contributed by atoms with Crippen LogP contribution in [0.3, 0.4) is 0 Å². The molecule has 1 aromatic carbocycles. The second-order valence-corrected chi connectivity index (χ2v) is 2.01. The molecule has 12 heavy (non-hydrogen) atoms. The van der Waals surface area contributed by atoms with Crippen LogP contribution in [0.15, 0.2) is 34.7 Å². The normalized spacial score (nSPS) is 10.3. The van der Waals surface area contributed by atoms with Crippen molar-refractivity contribution < 1.29 is 15.1 Å². The Hall–Kier alpha value is -1.91. The third kappa shape index (κ3) is 1.57. The molecule has 0 aromatic heterocycles. The number of aromatic carboxylic acids is 1. The van der Waals surface area contributed by atoms with Crippen LogP contribution in [-0.2, 0) is 0 Å². The summed E-state index contributed by atoms with van der Waals surface area (Å²) in [6.45, 7) is 0. The second kappa shape index (κ2) is 3.47. The lowest BCUT2D eigenvalue weighted by molar-refractivity contribution is 0.0697. The summed E-state index contributed by atoms with van der Waals surface area (Å²) in [7, 11) is 0. The molecule has 0 radical (unpaired) electrons. The van der Waals surface area contributed by atoms with E-state index in [1.165, 1.54) is 12.1 Å². The molecule has 0 heterocycles. The predicted molar refractivity (Wildman–Crippen MR) is 39.7 cm³/mol. The first-order valence-electron chi connectivity index (χ1n) is 3.13. The molecule has 0 saturated heterocycles. The first-order chi connectivity index (χ1) is 5.75. The van der Waals surface area contributed by atoms with E-state index in [9.17, 15) is 4.79 Å². The van der Waals surface area contributed by atoms with E-state index < -0.39 is 5.97 Å². The van der Waals surface area contributed by atoms with Crippen LogP contribution in [0.25, 0.3) is 0 Å². The highest BCUT2D eigenvalue weighted by Gasteiger charge is 2.07. The molecule has 0 aliphatic heterocycles. The molecule has 0 unspecified atom stereocenters. The van der Waals surface area contributed by atoms with Gasteiger partial charge in [0.25, 0.3) is 0 Å². The summed E-state index contributed by atoms with van der Waals surface area (Å²) >= 11 is 0. The monoisotopic (exact) mass is 166 g/mol. The largest absolute Gasteiger partial charge is 0.478 e. The molecule has 2 N–H and O–H groups in total. The van der Waals surface area contributed by atoms with Crippen molar-refractivity contribution in [3.63, 3.8) is 0 Å². The molecule has 0 fully saturated rings. The number of carbonyl (C=O) groups is 1. The van der Waals surface area contributed by atoms with Gasteiger partial charge in [0.1, 0.15) is 5.69 Å². The van der Waals surface area contributed by atoms with Gasteiger partial charge < -0.3 is 10.3 Å². The fourth-order valence-corrected chi connectivity index (χ4v) is 0.790. The molecule has 62 valence electrons. The summed E-state index contributed by atoms with van der Waals surface area (Å²) in [5, 5.41) is 22.4. The minimum absolute atomic E-state index is 0.00954. The van der Waals surface area contributed by atoms with Gasteiger partial charge in [-0.3, -0.25) is 0 Å². The van der Waals surface area contributed by atoms with E-state index in [0.29, 0.717) is 0 Å². The van der Waals surface area contributed by atoms with Gasteiger partial charge >= 0.3 is 5.97 Å². The topological polar surface area (TPSA) is 82.2 Å². The Morgan fingerprint density at radius 1 is 1.33 bits per heavy atom. The standard InChI is InChI=1S/C7H6N2O3/c10-7(11)5-3-1-2-4-6(5)8-9-12/h1-4H,(H,8,12)(H,10,11). The lowest BCUT2D eigenvalue weighted by Gasteiger charge is -1.95. The van der Waals surface area contributed by atoms with E-state index in [1.54, 1.807) is 12.1 Å². The fourth-order valence-electron chi connectivity index (χ4n) is 0.790. The maximum Gasteiger partial charge on any atom is 0.337 e. The van der Waals surface area contributed by atoms with Crippen LogP contribution < -0.4 is 0 Å². The molecule has 0 aliphatic rings. The van der Waals surface area contributed by atoms with E-state index in [2.05, 4.69) is 10.4 Å². The Balaban J connectivity index is 3.17. The highest BCUT2D eigenvalue weighted by Crippen LogP contribution is 2.18. The Morgan fingerprint density at radius 3 is 2.58 bits per heavy atom. The summed E-state index contributed by atoms with van der Waals surface area (Å²) in [6.07, 6.45) is 0. The van der Waals surface area contributed by atoms with Crippen molar-refractivity contribution in [2.45, 2.75) is 0 Å². The summed E-state index contributed by atoms with van der Waals surface area (Å²) in [5.74, 6) is -1.10. The van der Waals surface area contributed by atoms with Crippen LogP contribution in [0.1, 0.15) is 10.4 Å². The maximum atomic E-state index is 10.5. The van der Waals surface area contributed by atoms with E-state index in [-0.39, 0.29) is 11.3 Å². The Bertz CT molecular complexity index is 322. The fraction of sp³-hybridized carbons (Fsp3) is 0. The zero-order valence-electron chi connectivity index (χ0n) is 6.01. The lowest BCUT2D eigenvalue weighted by atomic mass is 10.2. The molecular weight excluding hydrogens is 160 g/mol. The minimum atomic E-state index is -1.10. The number of carboxylic acids is 1. The van der Waals surface area contributed by atoms with Gasteiger partial charge in [0.2, 0.25) is 0 Å². The van der Waals surface area contributed by atoms with Gasteiger partial charge in [0, 0.05) is 5.28 Å². The average molecular weight is 166 g/mol. The van der Waals surface area contributed by atoms with Gasteiger partial charge in [-0.05, 0) is 12.1 Å². The zero-order valence-corrected chi connectivity index (χ0v) is 6.01. The Labute approximate surface area is 67.9 Å². The Morgan fingerprint density at radius 2 is 2.00 bits per heavy atom. The summed E-state index contributed by atoms with van der Waals surface area (Å²) in [6, 6.07) is 6.01. The molecule has 5 heteroatoms. The molecule has 0 atom stereocenters. The van der Waals surface area contributed by atoms with Crippen LogP contribution in [0, 0.1) is 0 Å². The first kappa shape index (κ1) is 8.19. The molecule has 0 spiro atoms. The van der Waals surface area contributed by atoms with Crippen LogP contribution >= 0.6 is 0 Å². The number of benzene rings is 1. The molecule has 0 saturated carbocycles. The van der Waals surface area contributed by atoms with E-state index in [1.807, 2.05) is 0 Å². The molecule has 0 bridgehead atoms. The maximum absolute atomic E-state index is 10.5. The summed E-state index contributed by atoms with van der Waals surface area (Å²) in [4.78, 5) is 10.5. The summed E-state index contributed by atoms with van der Waals surface area (Å²) < 4.78 is 0. The molecule has 5 nitrogen and oxygen atoms in total. The average Bonchev–Trinajstić information content (AvgIpc) is 2.05. The van der Waals surface area contributed by atoms with E-state index in [4.69, 9.17) is 10.3 Å². The van der Waals surface area contributed by atoms with Crippen molar-refractivity contribution in [1.82, 2.24) is 0 Å². The molecular formula is C7H6N2O3. The highest BCUT2D eigenvalue weighted by molar-refractivity contribution is 5.93. The van der Waals surface area contributed by atoms with Crippen LogP contribution in [-0.4, -0.2) is 16.3 Å². The minimum Gasteiger partial charge on any atom is -0.478 e. The number of hydrogen-bond acceptors (Lipinski definition) is 3. The Kier molecular flexibility index (Phi) is 2.37. The van der Waals surface area contributed by atoms with E-state index in [0.717, 1.165) is 0 Å². The third-order valence-electron chi connectivity index (χ3n) is 1.29. The highest BCUT2D eigenvalue weighted by atomic mass is 16.5. The zero-order chi connectivity index (χ0) is 8.97. The molecule has 0 amide bonds. The number of carboxylic acid groups (broad SMARTS) is 1. The second-order valence-electron chi connectivity index (χ2n) is 2.01. The number of rotatable bonds is 2. The van der Waals surface area contributed by atoms with Gasteiger partial charge in [0.15, 0.2) is 0 Å². The third-order valence-corrected chi connectivity index (χ3v) is 1.29. The van der Waals surface area contributed by atoms with E-state index >= 15 is 0 Å². The van der Waals surface area contributed by atoms with Crippen molar-refractivity contribution in [2.75, 3.05) is 0 Å². The van der Waals surface area contributed by atoms with Gasteiger partial charge in [0.05, 0.1) is 5.56 Å². The van der Waals surface area contributed by atoms with Crippen molar-refractivity contribution in [3.8, 4) is 0 Å². The molecule has 1 rings (SSSR count). The summed E-state index contributed by atoms with van der Waals surface area (Å²) in [5.41, 5.74) is 0.141. The van der Waals surface area contributed by atoms with Crippen molar-refractivity contribution in [3.05, 3.63) is 29.8 Å². The predicted octanol–water partition coefficient (Wildman–Crippen LogP) is 1.86. The number of nitrogens with zero attached hydrogens (tertiary/aromatic N) is 2. The van der Waals surface area contributed by atoms with Gasteiger partial charge in [-0.15, -0.1) is 5.11 Å². The van der Waals surface area contributed by atoms with Gasteiger partial charge in [-0.25, -0.2) is 4.79 Å². The van der Waals surface area contributed by atoms with Gasteiger partial charge in [-0.1, -0.05) is 12.1 Å². The van der Waals surface area contributed by atoms with Crippen LogP contribution in [0.5, 0.6) is 0 Å². The SMILES string of the molecule is O=C(O)c1ccccc1N=NO. The van der Waals surface area contributed by atoms with Crippen LogP contribution in [0.4, 0.5) is 5.69 Å². The van der Waals surface area contributed by atoms with Crippen molar-refractivity contribution in [2.24, 2.45) is 10.4 Å². The quantitative estimate of drug-likeness (QED) is 0.519. The van der Waals surface area contributed by atoms with Crippen molar-refractivity contribution in [1.29, 1.82) is 0 Å². The van der Waals surface area contributed by atoms with Crippen molar-refractivity contribution >= 4 is 11.7 Å². The number of hydrogen-bond donors (Lipinski definition) is 2. The van der Waals surface area contributed by atoms with Crippen LogP contribution in [0.2, 0.25) is 0 Å². The molecule has 0 aliphatic carbocycles. The first-order valence-corrected chi connectivity index (χ1v) is 3.13. The van der Waals surface area contributed by atoms with Gasteiger partial charge in [-0.2, -0.15) is 0 Å².